The van der Waals surface area contributed by atoms with Crippen molar-refractivity contribution in [1.29, 1.82) is 0 Å². The lowest BCUT2D eigenvalue weighted by atomic mass is 10.2. The molecule has 0 amide bonds. The fourth-order valence-electron chi connectivity index (χ4n) is 1.41. The van der Waals surface area contributed by atoms with E-state index in [-0.39, 0.29) is 5.56 Å². The number of rotatable bonds is 3. The minimum atomic E-state index is -0.973. The zero-order valence-corrected chi connectivity index (χ0v) is 11.1. The van der Waals surface area contributed by atoms with Gasteiger partial charge >= 0.3 is 5.97 Å². The number of aromatic carboxylic acids is 1. The van der Waals surface area contributed by atoms with Gasteiger partial charge in [0.25, 0.3) is 0 Å². The molecule has 0 radical (unpaired) electrons. The predicted molar refractivity (Wildman–Crippen MR) is 71.5 cm³/mol. The number of pyridine rings is 1. The van der Waals surface area contributed by atoms with E-state index in [4.69, 9.17) is 16.7 Å². The molecule has 0 fully saturated rings. The monoisotopic (exact) mass is 279 g/mol. The van der Waals surface area contributed by atoms with Crippen LogP contribution >= 0.6 is 23.4 Å². The van der Waals surface area contributed by atoms with E-state index in [1.54, 1.807) is 18.2 Å². The van der Waals surface area contributed by atoms with Gasteiger partial charge in [0, 0.05) is 26.7 Å². The third kappa shape index (κ3) is 3.03. The molecule has 0 spiro atoms. The molecule has 1 N–H and O–H groups in total. The number of aromatic nitrogens is 1. The van der Waals surface area contributed by atoms with Crippen molar-refractivity contribution in [3.63, 3.8) is 0 Å². The first-order chi connectivity index (χ1) is 8.56. The molecule has 1 aromatic carbocycles. The molecule has 1 aromatic heterocycles. The molecule has 3 nitrogen and oxygen atoms in total. The fourth-order valence-corrected chi connectivity index (χ4v) is 2.54. The number of carboxylic acids is 1. The first-order valence-corrected chi connectivity index (χ1v) is 6.39. The van der Waals surface area contributed by atoms with E-state index in [9.17, 15) is 4.79 Å². The van der Waals surface area contributed by atoms with Crippen molar-refractivity contribution in [2.45, 2.75) is 16.7 Å². The molecule has 1 heterocycles. The second-order valence-corrected chi connectivity index (χ2v) is 5.23. The summed E-state index contributed by atoms with van der Waals surface area (Å²) < 4.78 is 0. The summed E-state index contributed by atoms with van der Waals surface area (Å²) in [5.41, 5.74) is 0.997. The summed E-state index contributed by atoms with van der Waals surface area (Å²) >= 11 is 7.19. The van der Waals surface area contributed by atoms with Crippen LogP contribution in [0.5, 0.6) is 0 Å². The molecule has 5 heteroatoms. The fraction of sp³-hybridized carbons (Fsp3) is 0.0769. The van der Waals surface area contributed by atoms with Crippen LogP contribution in [0, 0.1) is 6.92 Å². The summed E-state index contributed by atoms with van der Waals surface area (Å²) in [4.78, 5) is 16.7. The Bertz CT molecular complexity index is 584. The standard InChI is InChI=1S/C13H10ClNO2S/c1-8-6-12(11(7-15-8)13(16)17)18-10-4-2-9(14)3-5-10/h2-7H,1H3,(H,16,17). The second-order valence-electron chi connectivity index (χ2n) is 3.68. The van der Waals surface area contributed by atoms with Gasteiger partial charge in [-0.25, -0.2) is 4.79 Å². The minimum absolute atomic E-state index is 0.209. The number of hydrogen-bond donors (Lipinski definition) is 1. The van der Waals surface area contributed by atoms with E-state index >= 15 is 0 Å². The Balaban J connectivity index is 2.35. The highest BCUT2D eigenvalue weighted by Gasteiger charge is 2.12. The van der Waals surface area contributed by atoms with E-state index in [0.717, 1.165) is 10.6 Å². The quantitative estimate of drug-likeness (QED) is 0.926. The largest absolute Gasteiger partial charge is 0.478 e. The van der Waals surface area contributed by atoms with Crippen molar-refractivity contribution in [2.24, 2.45) is 0 Å². The second kappa shape index (κ2) is 5.42. The molecule has 18 heavy (non-hydrogen) atoms. The molecule has 0 unspecified atom stereocenters. The van der Waals surface area contributed by atoms with Crippen molar-refractivity contribution in [3.8, 4) is 0 Å². The van der Waals surface area contributed by atoms with E-state index < -0.39 is 5.97 Å². The Labute approximate surface area is 114 Å². The third-order valence-electron chi connectivity index (χ3n) is 2.27. The van der Waals surface area contributed by atoms with E-state index in [2.05, 4.69) is 4.98 Å². The van der Waals surface area contributed by atoms with Crippen LogP contribution in [0.25, 0.3) is 0 Å². The lowest BCUT2D eigenvalue weighted by Crippen LogP contribution is -2.00. The zero-order valence-electron chi connectivity index (χ0n) is 9.55. The normalized spacial score (nSPS) is 10.3. The summed E-state index contributed by atoms with van der Waals surface area (Å²) in [7, 11) is 0. The molecular formula is C13H10ClNO2S. The highest BCUT2D eigenvalue weighted by Crippen LogP contribution is 2.31. The van der Waals surface area contributed by atoms with Crippen LogP contribution in [0.1, 0.15) is 16.1 Å². The van der Waals surface area contributed by atoms with Crippen LogP contribution in [0.4, 0.5) is 0 Å². The van der Waals surface area contributed by atoms with Crippen LogP contribution in [-0.2, 0) is 0 Å². The Morgan fingerprint density at radius 2 is 2.00 bits per heavy atom. The van der Waals surface area contributed by atoms with Gasteiger partial charge < -0.3 is 5.11 Å². The van der Waals surface area contributed by atoms with E-state index in [0.29, 0.717) is 9.92 Å². The maximum absolute atomic E-state index is 11.1. The Kier molecular flexibility index (Phi) is 3.89. The number of hydrogen-bond acceptors (Lipinski definition) is 3. The van der Waals surface area contributed by atoms with Gasteiger partial charge in [0.2, 0.25) is 0 Å². The third-order valence-corrected chi connectivity index (χ3v) is 3.59. The summed E-state index contributed by atoms with van der Waals surface area (Å²) in [6.07, 6.45) is 1.38. The first kappa shape index (κ1) is 12.9. The van der Waals surface area contributed by atoms with Gasteiger partial charge in [-0.2, -0.15) is 0 Å². The average molecular weight is 280 g/mol. The Morgan fingerprint density at radius 3 is 2.61 bits per heavy atom. The molecule has 2 rings (SSSR count). The highest BCUT2D eigenvalue weighted by atomic mass is 35.5. The lowest BCUT2D eigenvalue weighted by Gasteiger charge is -2.06. The molecule has 0 saturated carbocycles. The molecule has 92 valence electrons. The van der Waals surface area contributed by atoms with E-state index in [1.165, 1.54) is 18.0 Å². The highest BCUT2D eigenvalue weighted by molar-refractivity contribution is 7.99. The molecule has 0 aliphatic rings. The van der Waals surface area contributed by atoms with E-state index in [1.807, 2.05) is 19.1 Å². The van der Waals surface area contributed by atoms with Crippen molar-refractivity contribution < 1.29 is 9.90 Å². The average Bonchev–Trinajstić information content (AvgIpc) is 2.32. The molecular weight excluding hydrogens is 270 g/mol. The molecule has 0 bridgehead atoms. The van der Waals surface area contributed by atoms with Gasteiger partial charge in [-0.15, -0.1) is 0 Å². The molecule has 0 atom stereocenters. The van der Waals surface area contributed by atoms with Crippen LogP contribution in [0.3, 0.4) is 0 Å². The van der Waals surface area contributed by atoms with Crippen molar-refractivity contribution in [2.75, 3.05) is 0 Å². The number of carboxylic acid groups (broad SMARTS) is 1. The summed E-state index contributed by atoms with van der Waals surface area (Å²) in [5.74, 6) is -0.973. The topological polar surface area (TPSA) is 50.2 Å². The van der Waals surface area contributed by atoms with Crippen LogP contribution in [0.2, 0.25) is 5.02 Å². The van der Waals surface area contributed by atoms with Gasteiger partial charge in [0.05, 0.1) is 5.56 Å². The molecule has 2 aromatic rings. The van der Waals surface area contributed by atoms with Crippen LogP contribution < -0.4 is 0 Å². The number of carbonyl (C=O) groups is 1. The van der Waals surface area contributed by atoms with Gasteiger partial charge in [0.1, 0.15) is 0 Å². The Morgan fingerprint density at radius 1 is 1.33 bits per heavy atom. The van der Waals surface area contributed by atoms with Gasteiger partial charge in [-0.3, -0.25) is 4.98 Å². The SMILES string of the molecule is Cc1cc(Sc2ccc(Cl)cc2)c(C(=O)O)cn1. The summed E-state index contributed by atoms with van der Waals surface area (Å²) in [5, 5.41) is 9.76. The van der Waals surface area contributed by atoms with Crippen molar-refractivity contribution >= 4 is 29.3 Å². The molecule has 0 saturated heterocycles. The number of benzene rings is 1. The smallest absolute Gasteiger partial charge is 0.338 e. The van der Waals surface area contributed by atoms with Crippen LogP contribution in [-0.4, -0.2) is 16.1 Å². The number of aryl methyl sites for hydroxylation is 1. The van der Waals surface area contributed by atoms with Gasteiger partial charge in [-0.1, -0.05) is 23.4 Å². The number of nitrogens with zero attached hydrogens (tertiary/aromatic N) is 1. The maximum atomic E-state index is 11.1. The lowest BCUT2D eigenvalue weighted by molar-refractivity contribution is 0.0692. The Hall–Kier alpha value is -1.52. The predicted octanol–water partition coefficient (Wildman–Crippen LogP) is 3.89. The first-order valence-electron chi connectivity index (χ1n) is 5.19. The summed E-state index contributed by atoms with van der Waals surface area (Å²) in [6, 6.07) is 9.03. The molecule has 0 aliphatic heterocycles. The van der Waals surface area contributed by atoms with Crippen LogP contribution in [0.15, 0.2) is 46.3 Å². The number of halogens is 1. The maximum Gasteiger partial charge on any atom is 0.338 e. The molecule has 0 aliphatic carbocycles. The van der Waals surface area contributed by atoms with Crippen molar-refractivity contribution in [1.82, 2.24) is 4.98 Å². The van der Waals surface area contributed by atoms with Gasteiger partial charge in [0.15, 0.2) is 0 Å². The zero-order chi connectivity index (χ0) is 13.1. The van der Waals surface area contributed by atoms with Crippen molar-refractivity contribution in [3.05, 3.63) is 52.8 Å². The summed E-state index contributed by atoms with van der Waals surface area (Å²) in [6.45, 7) is 1.83. The minimum Gasteiger partial charge on any atom is -0.478 e. The van der Waals surface area contributed by atoms with Gasteiger partial charge in [-0.05, 0) is 37.3 Å².